The molecule has 0 fully saturated rings. The van der Waals surface area contributed by atoms with Gasteiger partial charge in [-0.05, 0) is 50.6 Å². The Morgan fingerprint density at radius 3 is 2.29 bits per heavy atom. The molecule has 0 unspecified atom stereocenters. The van der Waals surface area contributed by atoms with Gasteiger partial charge in [-0.15, -0.1) is 0 Å². The van der Waals surface area contributed by atoms with Crippen LogP contribution in [0.4, 0.5) is 10.7 Å². The molecule has 0 saturated carbocycles. The fraction of sp³-hybridized carbons (Fsp3) is 0.250. The van der Waals surface area contributed by atoms with E-state index in [2.05, 4.69) is 26.1 Å². The predicted molar refractivity (Wildman–Crippen MR) is 89.7 cm³/mol. The molecule has 0 aliphatic rings. The molecule has 0 amide bonds. The molecule has 4 nitrogen and oxygen atoms in total. The van der Waals surface area contributed by atoms with Crippen LogP contribution in [0.25, 0.3) is 12.2 Å². The van der Waals surface area contributed by atoms with E-state index in [1.807, 2.05) is 36.4 Å². The smallest absolute Gasteiger partial charge is 0.324 e. The van der Waals surface area contributed by atoms with Crippen molar-refractivity contribution in [3.05, 3.63) is 57.0 Å². The van der Waals surface area contributed by atoms with Crippen molar-refractivity contribution in [2.75, 3.05) is 5.32 Å². The highest BCUT2D eigenvalue weighted by atomic mass is 32.1. The first kappa shape index (κ1) is 15.3. The van der Waals surface area contributed by atoms with E-state index in [1.54, 1.807) is 6.07 Å². The van der Waals surface area contributed by atoms with E-state index in [9.17, 15) is 10.1 Å². The minimum Gasteiger partial charge on any atom is -0.380 e. The summed E-state index contributed by atoms with van der Waals surface area (Å²) in [5.41, 5.74) is 2.17. The maximum Gasteiger partial charge on any atom is 0.324 e. The largest absolute Gasteiger partial charge is 0.380 e. The van der Waals surface area contributed by atoms with Crippen LogP contribution in [0.2, 0.25) is 0 Å². The van der Waals surface area contributed by atoms with Crippen LogP contribution < -0.4 is 5.32 Å². The number of rotatable bonds is 4. The molecule has 2 rings (SSSR count). The van der Waals surface area contributed by atoms with Crippen molar-refractivity contribution in [2.24, 2.45) is 0 Å². The van der Waals surface area contributed by atoms with Crippen molar-refractivity contribution < 1.29 is 4.92 Å². The summed E-state index contributed by atoms with van der Waals surface area (Å²) in [7, 11) is 0. The molecule has 0 radical (unpaired) electrons. The molecule has 2 aromatic rings. The Kier molecular flexibility index (Phi) is 4.43. The maximum absolute atomic E-state index is 10.6. The molecular weight excluding hydrogens is 284 g/mol. The van der Waals surface area contributed by atoms with E-state index in [-0.39, 0.29) is 15.5 Å². The fourth-order valence-electron chi connectivity index (χ4n) is 1.82. The standard InChI is InChI=1S/C16H18N2O2S/c1-16(2,3)17-13-7-4-12(5-8-13)6-9-14-10-11-15(21-14)18(19)20/h4-11,17H,1-3H3/b9-6+. The summed E-state index contributed by atoms with van der Waals surface area (Å²) in [5, 5.41) is 14.2. The summed E-state index contributed by atoms with van der Waals surface area (Å²) in [6.45, 7) is 6.35. The van der Waals surface area contributed by atoms with Crippen LogP contribution in [0.1, 0.15) is 31.2 Å². The summed E-state index contributed by atoms with van der Waals surface area (Å²) >= 11 is 1.17. The first-order valence-corrected chi connectivity index (χ1v) is 7.46. The van der Waals surface area contributed by atoms with Crippen LogP contribution in [-0.2, 0) is 0 Å². The molecule has 110 valence electrons. The minimum absolute atomic E-state index is 0.0350. The van der Waals surface area contributed by atoms with Gasteiger partial charge in [-0.3, -0.25) is 10.1 Å². The zero-order chi connectivity index (χ0) is 15.5. The third-order valence-electron chi connectivity index (χ3n) is 2.66. The molecule has 1 heterocycles. The van der Waals surface area contributed by atoms with E-state index in [1.165, 1.54) is 17.4 Å². The quantitative estimate of drug-likeness (QED) is 0.636. The second-order valence-electron chi connectivity index (χ2n) is 5.76. The van der Waals surface area contributed by atoms with Gasteiger partial charge in [-0.1, -0.05) is 29.5 Å². The van der Waals surface area contributed by atoms with E-state index in [4.69, 9.17) is 0 Å². The lowest BCUT2D eigenvalue weighted by molar-refractivity contribution is -0.380. The first-order chi connectivity index (χ1) is 9.83. The normalized spacial score (nSPS) is 11.8. The van der Waals surface area contributed by atoms with E-state index < -0.39 is 0 Å². The van der Waals surface area contributed by atoms with Crippen LogP contribution in [0.3, 0.4) is 0 Å². The van der Waals surface area contributed by atoms with E-state index in [0.29, 0.717) is 0 Å². The molecule has 0 saturated heterocycles. The monoisotopic (exact) mass is 302 g/mol. The summed E-state index contributed by atoms with van der Waals surface area (Å²) in [5.74, 6) is 0. The lowest BCUT2D eigenvalue weighted by atomic mass is 10.1. The van der Waals surface area contributed by atoms with Gasteiger partial charge in [0.2, 0.25) is 0 Å². The van der Waals surface area contributed by atoms with Crippen LogP contribution >= 0.6 is 11.3 Å². The Hall–Kier alpha value is -2.14. The number of hydrogen-bond acceptors (Lipinski definition) is 4. The van der Waals surface area contributed by atoms with Crippen LogP contribution in [0.15, 0.2) is 36.4 Å². The van der Waals surface area contributed by atoms with Gasteiger partial charge >= 0.3 is 5.00 Å². The third-order valence-corrected chi connectivity index (χ3v) is 3.66. The second kappa shape index (κ2) is 6.10. The van der Waals surface area contributed by atoms with Gasteiger partial charge in [0.05, 0.1) is 4.92 Å². The molecule has 1 aromatic carbocycles. The molecule has 1 aromatic heterocycles. The third kappa shape index (κ3) is 4.72. The molecule has 21 heavy (non-hydrogen) atoms. The highest BCUT2D eigenvalue weighted by Gasteiger charge is 2.09. The number of thiophene rings is 1. The molecule has 1 N–H and O–H groups in total. The molecule has 0 bridgehead atoms. The first-order valence-electron chi connectivity index (χ1n) is 6.64. The van der Waals surface area contributed by atoms with E-state index in [0.717, 1.165) is 16.1 Å². The molecular formula is C16H18N2O2S. The topological polar surface area (TPSA) is 55.2 Å². The van der Waals surface area contributed by atoms with Crippen molar-refractivity contribution in [3.63, 3.8) is 0 Å². The number of benzene rings is 1. The Balaban J connectivity index is 2.05. The van der Waals surface area contributed by atoms with Gasteiger partial charge in [0, 0.05) is 22.2 Å². The SMILES string of the molecule is CC(C)(C)Nc1ccc(/C=C/c2ccc([N+](=O)[O-])s2)cc1. The summed E-state index contributed by atoms with van der Waals surface area (Å²) in [6, 6.07) is 11.4. The van der Waals surface area contributed by atoms with Crippen LogP contribution in [-0.4, -0.2) is 10.5 Å². The highest BCUT2D eigenvalue weighted by Crippen LogP contribution is 2.25. The van der Waals surface area contributed by atoms with Crippen molar-refractivity contribution >= 4 is 34.2 Å². The van der Waals surface area contributed by atoms with Crippen molar-refractivity contribution in [3.8, 4) is 0 Å². The van der Waals surface area contributed by atoms with Crippen molar-refractivity contribution in [1.82, 2.24) is 0 Å². The van der Waals surface area contributed by atoms with Crippen molar-refractivity contribution in [1.29, 1.82) is 0 Å². The lowest BCUT2D eigenvalue weighted by Gasteiger charge is -2.22. The maximum atomic E-state index is 10.6. The lowest BCUT2D eigenvalue weighted by Crippen LogP contribution is -2.25. The zero-order valence-electron chi connectivity index (χ0n) is 12.3. The summed E-state index contributed by atoms with van der Waals surface area (Å²) in [4.78, 5) is 11.1. The number of nitrogens with zero attached hydrogens (tertiary/aromatic N) is 1. The Morgan fingerprint density at radius 1 is 1.10 bits per heavy atom. The van der Waals surface area contributed by atoms with Gasteiger partial charge in [-0.2, -0.15) is 0 Å². The number of nitro groups is 1. The Morgan fingerprint density at radius 2 is 1.76 bits per heavy atom. The Bertz CT molecular complexity index is 652. The van der Waals surface area contributed by atoms with Gasteiger partial charge in [0.15, 0.2) is 0 Å². The average molecular weight is 302 g/mol. The number of anilines is 1. The summed E-state index contributed by atoms with van der Waals surface area (Å²) in [6.07, 6.45) is 3.85. The molecule has 0 spiro atoms. The van der Waals surface area contributed by atoms with Gasteiger partial charge in [-0.25, -0.2) is 0 Å². The number of hydrogen-bond donors (Lipinski definition) is 1. The van der Waals surface area contributed by atoms with Crippen LogP contribution in [0.5, 0.6) is 0 Å². The summed E-state index contributed by atoms with van der Waals surface area (Å²) < 4.78 is 0. The fourth-order valence-corrected chi connectivity index (χ4v) is 2.54. The van der Waals surface area contributed by atoms with Gasteiger partial charge in [0.1, 0.15) is 0 Å². The number of nitrogens with one attached hydrogen (secondary N) is 1. The van der Waals surface area contributed by atoms with Crippen molar-refractivity contribution in [2.45, 2.75) is 26.3 Å². The molecule has 5 heteroatoms. The predicted octanol–water partition coefficient (Wildman–Crippen LogP) is 5.04. The Labute approximate surface area is 128 Å². The molecule has 0 atom stereocenters. The molecule has 0 aliphatic carbocycles. The van der Waals surface area contributed by atoms with Gasteiger partial charge in [0.25, 0.3) is 0 Å². The minimum atomic E-state index is -0.366. The van der Waals surface area contributed by atoms with E-state index >= 15 is 0 Å². The van der Waals surface area contributed by atoms with Crippen LogP contribution in [0, 0.1) is 10.1 Å². The highest BCUT2D eigenvalue weighted by molar-refractivity contribution is 7.16. The average Bonchev–Trinajstić information content (AvgIpc) is 2.85. The second-order valence-corrected chi connectivity index (χ2v) is 6.86. The zero-order valence-corrected chi connectivity index (χ0v) is 13.1. The van der Waals surface area contributed by atoms with Gasteiger partial charge < -0.3 is 5.32 Å². The molecule has 0 aliphatic heterocycles.